The van der Waals surface area contributed by atoms with Gasteiger partial charge in [0.15, 0.2) is 0 Å². The summed E-state index contributed by atoms with van der Waals surface area (Å²) in [6.07, 6.45) is 1.80. The lowest BCUT2D eigenvalue weighted by molar-refractivity contribution is 0.947. The molecule has 1 radical (unpaired) electrons. The first-order valence-corrected chi connectivity index (χ1v) is 3.15. The molecule has 0 spiro atoms. The molecular formula is C8H7N2. The van der Waals surface area contributed by atoms with E-state index in [1.807, 2.05) is 29.8 Å². The Balaban J connectivity index is 2.93. The van der Waals surface area contributed by atoms with E-state index in [2.05, 4.69) is 11.1 Å². The highest BCUT2D eigenvalue weighted by molar-refractivity contribution is 5.74. The van der Waals surface area contributed by atoms with Crippen LogP contribution in [0.1, 0.15) is 0 Å². The van der Waals surface area contributed by atoms with Crippen molar-refractivity contribution in [2.24, 2.45) is 7.05 Å². The number of nitrogens with zero attached hydrogens (tertiary/aromatic N) is 2. The second kappa shape index (κ2) is 1.84. The van der Waals surface area contributed by atoms with Crippen LogP contribution in [-0.2, 0) is 7.05 Å². The standard InChI is InChI=1S/C8H7N2/c1-10-6-9-7-4-2-3-5-8(7)10/h2,4-6H,1H3. The summed E-state index contributed by atoms with van der Waals surface area (Å²) in [5.74, 6) is 0. The van der Waals surface area contributed by atoms with E-state index in [1.54, 1.807) is 6.33 Å². The molecule has 0 aliphatic carbocycles. The average Bonchev–Trinajstić information content (AvgIpc) is 2.34. The van der Waals surface area contributed by atoms with Crippen LogP contribution in [0.15, 0.2) is 24.5 Å². The maximum absolute atomic E-state index is 4.16. The maximum atomic E-state index is 4.16. The summed E-state index contributed by atoms with van der Waals surface area (Å²) in [7, 11) is 1.98. The molecule has 0 aliphatic heterocycles. The molecule has 1 aromatic heterocycles. The molecule has 0 saturated heterocycles. The molecule has 0 aliphatic rings. The molecule has 1 heterocycles. The lowest BCUT2D eigenvalue weighted by Crippen LogP contribution is -1.81. The van der Waals surface area contributed by atoms with E-state index in [0.717, 1.165) is 11.0 Å². The molecule has 2 rings (SSSR count). The third-order valence-corrected chi connectivity index (χ3v) is 1.57. The van der Waals surface area contributed by atoms with Crippen molar-refractivity contribution in [2.45, 2.75) is 0 Å². The molecule has 2 aromatic rings. The number of rotatable bonds is 0. The van der Waals surface area contributed by atoms with Gasteiger partial charge in [0.1, 0.15) is 0 Å². The quantitative estimate of drug-likeness (QED) is 0.528. The monoisotopic (exact) mass is 131 g/mol. The summed E-state index contributed by atoms with van der Waals surface area (Å²) in [4.78, 5) is 4.16. The van der Waals surface area contributed by atoms with E-state index < -0.39 is 0 Å². The Hall–Kier alpha value is -1.31. The van der Waals surface area contributed by atoms with Crippen molar-refractivity contribution in [3.8, 4) is 0 Å². The number of hydrogen-bond acceptors (Lipinski definition) is 1. The first-order valence-electron chi connectivity index (χ1n) is 3.15. The highest BCUT2D eigenvalue weighted by atomic mass is 15.0. The minimum Gasteiger partial charge on any atom is -0.334 e. The zero-order valence-corrected chi connectivity index (χ0v) is 5.70. The van der Waals surface area contributed by atoms with Crippen molar-refractivity contribution in [2.75, 3.05) is 0 Å². The molecule has 0 atom stereocenters. The Morgan fingerprint density at radius 3 is 3.30 bits per heavy atom. The third kappa shape index (κ3) is 0.620. The van der Waals surface area contributed by atoms with Crippen molar-refractivity contribution in [1.29, 1.82) is 0 Å². The molecule has 10 heavy (non-hydrogen) atoms. The normalized spacial score (nSPS) is 10.5. The SMILES string of the molecule is Cn1cnc2cc[c]cc21. The summed E-state index contributed by atoms with van der Waals surface area (Å²) >= 11 is 0. The van der Waals surface area contributed by atoms with Crippen LogP contribution in [0, 0.1) is 6.07 Å². The summed E-state index contributed by atoms with van der Waals surface area (Å²) in [5, 5.41) is 0. The molecule has 0 saturated carbocycles. The lowest BCUT2D eigenvalue weighted by atomic mass is 10.3. The fraction of sp³-hybridized carbons (Fsp3) is 0.125. The predicted octanol–water partition coefficient (Wildman–Crippen LogP) is 1.37. The minimum atomic E-state index is 1.03. The first kappa shape index (κ1) is 5.47. The van der Waals surface area contributed by atoms with Crippen molar-refractivity contribution in [1.82, 2.24) is 9.55 Å². The largest absolute Gasteiger partial charge is 0.334 e. The Bertz CT molecular complexity index is 349. The number of fused-ring (bicyclic) bond motifs is 1. The lowest BCUT2D eigenvalue weighted by Gasteiger charge is -1.89. The Morgan fingerprint density at radius 1 is 1.60 bits per heavy atom. The Kier molecular flexibility index (Phi) is 1.01. The van der Waals surface area contributed by atoms with Gasteiger partial charge in [-0.3, -0.25) is 0 Å². The number of aromatic nitrogens is 2. The fourth-order valence-corrected chi connectivity index (χ4v) is 1.02. The summed E-state index contributed by atoms with van der Waals surface area (Å²) in [5.41, 5.74) is 2.16. The third-order valence-electron chi connectivity index (χ3n) is 1.57. The van der Waals surface area contributed by atoms with E-state index in [1.165, 1.54) is 0 Å². The molecule has 2 nitrogen and oxygen atoms in total. The van der Waals surface area contributed by atoms with E-state index in [0.29, 0.717) is 0 Å². The van der Waals surface area contributed by atoms with Crippen LogP contribution in [0.2, 0.25) is 0 Å². The van der Waals surface area contributed by atoms with E-state index >= 15 is 0 Å². The number of imidazole rings is 1. The first-order chi connectivity index (χ1) is 4.88. The Labute approximate surface area is 59.1 Å². The fourth-order valence-electron chi connectivity index (χ4n) is 1.02. The van der Waals surface area contributed by atoms with E-state index in [-0.39, 0.29) is 0 Å². The van der Waals surface area contributed by atoms with Gasteiger partial charge in [0.25, 0.3) is 0 Å². The van der Waals surface area contributed by atoms with Crippen LogP contribution >= 0.6 is 0 Å². The van der Waals surface area contributed by atoms with Crippen LogP contribution in [0.5, 0.6) is 0 Å². The zero-order chi connectivity index (χ0) is 6.97. The second-order valence-electron chi connectivity index (χ2n) is 2.27. The summed E-state index contributed by atoms with van der Waals surface area (Å²) in [6, 6.07) is 8.76. The van der Waals surface area contributed by atoms with Crippen molar-refractivity contribution < 1.29 is 0 Å². The smallest absolute Gasteiger partial charge is 0.0955 e. The molecule has 0 fully saturated rings. The van der Waals surface area contributed by atoms with Gasteiger partial charge < -0.3 is 4.57 Å². The van der Waals surface area contributed by atoms with Crippen molar-refractivity contribution in [3.05, 3.63) is 30.6 Å². The second-order valence-corrected chi connectivity index (χ2v) is 2.27. The number of hydrogen-bond donors (Lipinski definition) is 0. The van der Waals surface area contributed by atoms with Gasteiger partial charge >= 0.3 is 0 Å². The number of benzene rings is 1. The average molecular weight is 131 g/mol. The molecule has 0 unspecified atom stereocenters. The molecule has 49 valence electrons. The van der Waals surface area contributed by atoms with Gasteiger partial charge in [0.2, 0.25) is 0 Å². The van der Waals surface area contributed by atoms with Gasteiger partial charge in [0, 0.05) is 7.05 Å². The van der Waals surface area contributed by atoms with Crippen LogP contribution in [-0.4, -0.2) is 9.55 Å². The van der Waals surface area contributed by atoms with Crippen LogP contribution in [0.25, 0.3) is 11.0 Å². The molecule has 0 bridgehead atoms. The van der Waals surface area contributed by atoms with Gasteiger partial charge in [-0.2, -0.15) is 0 Å². The molecule has 0 N–H and O–H groups in total. The van der Waals surface area contributed by atoms with Crippen LogP contribution < -0.4 is 0 Å². The zero-order valence-electron chi connectivity index (χ0n) is 5.70. The van der Waals surface area contributed by atoms with Gasteiger partial charge in [-0.25, -0.2) is 4.98 Å². The van der Waals surface area contributed by atoms with Crippen LogP contribution in [0.4, 0.5) is 0 Å². The van der Waals surface area contributed by atoms with E-state index in [9.17, 15) is 0 Å². The van der Waals surface area contributed by atoms with E-state index in [4.69, 9.17) is 0 Å². The van der Waals surface area contributed by atoms with Gasteiger partial charge in [-0.05, 0) is 18.2 Å². The molecule has 2 heteroatoms. The molecule has 1 aromatic carbocycles. The molecule has 0 amide bonds. The predicted molar refractivity (Wildman–Crippen MR) is 39.6 cm³/mol. The summed E-state index contributed by atoms with van der Waals surface area (Å²) < 4.78 is 1.98. The number of aryl methyl sites for hydroxylation is 1. The highest BCUT2D eigenvalue weighted by Crippen LogP contribution is 2.08. The van der Waals surface area contributed by atoms with Gasteiger partial charge in [-0.1, -0.05) is 6.07 Å². The topological polar surface area (TPSA) is 17.8 Å². The maximum Gasteiger partial charge on any atom is 0.0955 e. The van der Waals surface area contributed by atoms with Crippen LogP contribution in [0.3, 0.4) is 0 Å². The van der Waals surface area contributed by atoms with Gasteiger partial charge in [0.05, 0.1) is 17.4 Å². The summed E-state index contributed by atoms with van der Waals surface area (Å²) in [6.45, 7) is 0. The minimum absolute atomic E-state index is 1.03. The Morgan fingerprint density at radius 2 is 2.50 bits per heavy atom. The van der Waals surface area contributed by atoms with Gasteiger partial charge in [-0.15, -0.1) is 0 Å². The van der Waals surface area contributed by atoms with Crippen molar-refractivity contribution in [3.63, 3.8) is 0 Å². The van der Waals surface area contributed by atoms with Crippen molar-refractivity contribution >= 4 is 11.0 Å². The molecular weight excluding hydrogens is 124 g/mol. The highest BCUT2D eigenvalue weighted by Gasteiger charge is 1.94.